The number of hydrogen-bond acceptors (Lipinski definition) is 6. The molecular formula is C22H18N4O4. The van der Waals surface area contributed by atoms with Crippen LogP contribution in [0.2, 0.25) is 0 Å². The summed E-state index contributed by atoms with van der Waals surface area (Å²) in [4.78, 5) is 31.9. The van der Waals surface area contributed by atoms with Gasteiger partial charge in [0.25, 0.3) is 11.5 Å². The second-order valence-corrected chi connectivity index (χ2v) is 6.55. The van der Waals surface area contributed by atoms with E-state index in [-0.39, 0.29) is 17.0 Å². The third-order valence-corrected chi connectivity index (χ3v) is 4.63. The van der Waals surface area contributed by atoms with Gasteiger partial charge in [0.1, 0.15) is 28.6 Å². The number of hydrogen-bond donors (Lipinski definition) is 0. The van der Waals surface area contributed by atoms with E-state index in [4.69, 9.17) is 9.47 Å². The predicted molar refractivity (Wildman–Crippen MR) is 109 cm³/mol. The zero-order valence-corrected chi connectivity index (χ0v) is 16.0. The van der Waals surface area contributed by atoms with Crippen LogP contribution in [0.25, 0.3) is 11.7 Å². The number of rotatable bonds is 4. The second kappa shape index (κ2) is 8.59. The summed E-state index contributed by atoms with van der Waals surface area (Å²) >= 11 is 0. The number of nitriles is 1. The Morgan fingerprint density at radius 1 is 1.13 bits per heavy atom. The summed E-state index contributed by atoms with van der Waals surface area (Å²) in [5.74, 6) is 0.0568. The number of para-hydroxylation sites is 1. The zero-order valence-electron chi connectivity index (χ0n) is 16.0. The summed E-state index contributed by atoms with van der Waals surface area (Å²) in [6.07, 6.45) is 2.83. The van der Waals surface area contributed by atoms with Crippen molar-refractivity contribution in [2.45, 2.75) is 0 Å². The molecule has 1 aromatic carbocycles. The Balaban J connectivity index is 1.83. The minimum Gasteiger partial charge on any atom is -0.438 e. The summed E-state index contributed by atoms with van der Waals surface area (Å²) in [6, 6.07) is 15.9. The summed E-state index contributed by atoms with van der Waals surface area (Å²) in [7, 11) is 0. The fraction of sp³-hybridized carbons (Fsp3) is 0.182. The van der Waals surface area contributed by atoms with Gasteiger partial charge < -0.3 is 14.4 Å². The highest BCUT2D eigenvalue weighted by Crippen LogP contribution is 2.24. The Morgan fingerprint density at radius 3 is 2.60 bits per heavy atom. The molecule has 0 N–H and O–H groups in total. The van der Waals surface area contributed by atoms with Crippen LogP contribution in [0.15, 0.2) is 65.1 Å². The van der Waals surface area contributed by atoms with E-state index in [1.807, 2.05) is 12.1 Å². The molecule has 1 amide bonds. The standard InChI is InChI=1S/C22H18N4O4/c23-15-16(21(27)25-10-12-29-13-11-25)14-18-20(30-17-6-2-1-3-7-17)24-19-8-4-5-9-26(19)22(18)28/h1-9,14H,10-13H2/b16-14+. The van der Waals surface area contributed by atoms with Crippen LogP contribution >= 0.6 is 0 Å². The number of amides is 1. The van der Waals surface area contributed by atoms with Gasteiger partial charge in [-0.15, -0.1) is 0 Å². The molecule has 3 aromatic rings. The van der Waals surface area contributed by atoms with Gasteiger partial charge in [-0.05, 0) is 30.3 Å². The second-order valence-electron chi connectivity index (χ2n) is 6.55. The first-order valence-electron chi connectivity index (χ1n) is 9.40. The Bertz CT molecular complexity index is 1210. The lowest BCUT2D eigenvalue weighted by molar-refractivity contribution is -0.130. The van der Waals surface area contributed by atoms with Gasteiger partial charge in [0.15, 0.2) is 0 Å². The van der Waals surface area contributed by atoms with Crippen LogP contribution in [0.4, 0.5) is 0 Å². The van der Waals surface area contributed by atoms with Crippen LogP contribution < -0.4 is 10.3 Å². The number of carbonyl (C=O) groups excluding carboxylic acids is 1. The third-order valence-electron chi connectivity index (χ3n) is 4.63. The summed E-state index contributed by atoms with van der Waals surface area (Å²) in [6.45, 7) is 1.60. The summed E-state index contributed by atoms with van der Waals surface area (Å²) < 4.78 is 12.4. The molecule has 8 nitrogen and oxygen atoms in total. The molecule has 0 spiro atoms. The van der Waals surface area contributed by atoms with Crippen LogP contribution in [-0.2, 0) is 9.53 Å². The molecule has 3 heterocycles. The van der Waals surface area contributed by atoms with E-state index in [1.165, 1.54) is 15.4 Å². The first kappa shape index (κ1) is 19.4. The van der Waals surface area contributed by atoms with E-state index in [2.05, 4.69) is 4.98 Å². The Hall–Kier alpha value is -3.96. The molecule has 0 atom stereocenters. The molecule has 1 aliphatic rings. The number of nitrogens with zero attached hydrogens (tertiary/aromatic N) is 4. The molecule has 30 heavy (non-hydrogen) atoms. The number of ether oxygens (including phenoxy) is 2. The summed E-state index contributed by atoms with van der Waals surface area (Å²) in [5.41, 5.74) is -0.178. The zero-order chi connectivity index (χ0) is 20.9. The highest BCUT2D eigenvalue weighted by molar-refractivity contribution is 6.02. The molecule has 0 aliphatic carbocycles. The Morgan fingerprint density at radius 2 is 1.87 bits per heavy atom. The highest BCUT2D eigenvalue weighted by Gasteiger charge is 2.22. The van der Waals surface area contributed by atoms with Crippen LogP contribution in [0.1, 0.15) is 5.56 Å². The van der Waals surface area contributed by atoms with E-state index in [0.717, 1.165) is 0 Å². The number of morpholine rings is 1. The lowest BCUT2D eigenvalue weighted by Gasteiger charge is -2.26. The maximum atomic E-state index is 13.1. The largest absolute Gasteiger partial charge is 0.438 e. The van der Waals surface area contributed by atoms with Gasteiger partial charge >= 0.3 is 0 Å². The topological polar surface area (TPSA) is 96.9 Å². The molecule has 0 unspecified atom stereocenters. The predicted octanol–water partition coefficient (Wildman–Crippen LogP) is 2.25. The Labute approximate surface area is 172 Å². The molecule has 0 saturated carbocycles. The number of pyridine rings is 1. The fourth-order valence-corrected chi connectivity index (χ4v) is 3.11. The van der Waals surface area contributed by atoms with Gasteiger partial charge in [0.2, 0.25) is 5.88 Å². The molecule has 0 bridgehead atoms. The first-order valence-corrected chi connectivity index (χ1v) is 9.40. The number of aromatic nitrogens is 2. The lowest BCUT2D eigenvalue weighted by atomic mass is 10.1. The molecule has 150 valence electrons. The molecule has 1 fully saturated rings. The third kappa shape index (κ3) is 3.92. The van der Waals surface area contributed by atoms with Crippen LogP contribution in [0.5, 0.6) is 11.6 Å². The maximum absolute atomic E-state index is 13.1. The smallest absolute Gasteiger partial charge is 0.269 e. The Kier molecular flexibility index (Phi) is 5.54. The molecule has 1 saturated heterocycles. The van der Waals surface area contributed by atoms with Crippen molar-refractivity contribution in [2.75, 3.05) is 26.3 Å². The molecule has 1 aliphatic heterocycles. The average Bonchev–Trinajstić information content (AvgIpc) is 2.80. The maximum Gasteiger partial charge on any atom is 0.269 e. The van der Waals surface area contributed by atoms with Crippen molar-refractivity contribution in [1.82, 2.24) is 14.3 Å². The van der Waals surface area contributed by atoms with Crippen molar-refractivity contribution in [1.29, 1.82) is 5.26 Å². The number of carbonyl (C=O) groups is 1. The molecule has 8 heteroatoms. The molecule has 4 rings (SSSR count). The van der Waals surface area contributed by atoms with Gasteiger partial charge in [0.05, 0.1) is 13.2 Å². The first-order chi connectivity index (χ1) is 14.7. The van der Waals surface area contributed by atoms with Crippen molar-refractivity contribution in [2.24, 2.45) is 0 Å². The number of benzene rings is 1. The lowest BCUT2D eigenvalue weighted by Crippen LogP contribution is -2.41. The highest BCUT2D eigenvalue weighted by atomic mass is 16.5. The fourth-order valence-electron chi connectivity index (χ4n) is 3.11. The van der Waals surface area contributed by atoms with Crippen molar-refractivity contribution in [3.8, 4) is 17.7 Å². The monoisotopic (exact) mass is 402 g/mol. The van der Waals surface area contributed by atoms with Gasteiger partial charge in [0, 0.05) is 19.3 Å². The van der Waals surface area contributed by atoms with Crippen molar-refractivity contribution < 1.29 is 14.3 Å². The van der Waals surface area contributed by atoms with E-state index in [1.54, 1.807) is 48.7 Å². The average molecular weight is 402 g/mol. The van der Waals surface area contributed by atoms with Crippen molar-refractivity contribution in [3.05, 3.63) is 76.2 Å². The van der Waals surface area contributed by atoms with E-state index in [9.17, 15) is 14.9 Å². The van der Waals surface area contributed by atoms with Gasteiger partial charge in [-0.3, -0.25) is 14.0 Å². The minimum absolute atomic E-state index is 0.0277. The summed E-state index contributed by atoms with van der Waals surface area (Å²) in [5, 5.41) is 9.61. The van der Waals surface area contributed by atoms with Crippen LogP contribution in [0, 0.1) is 11.3 Å². The minimum atomic E-state index is -0.455. The van der Waals surface area contributed by atoms with Gasteiger partial charge in [-0.25, -0.2) is 0 Å². The van der Waals surface area contributed by atoms with E-state index < -0.39 is 11.5 Å². The van der Waals surface area contributed by atoms with Gasteiger partial charge in [-0.2, -0.15) is 10.2 Å². The van der Waals surface area contributed by atoms with Gasteiger partial charge in [-0.1, -0.05) is 24.3 Å². The van der Waals surface area contributed by atoms with E-state index >= 15 is 0 Å². The normalized spacial score (nSPS) is 14.4. The van der Waals surface area contributed by atoms with Crippen molar-refractivity contribution >= 4 is 17.6 Å². The van der Waals surface area contributed by atoms with Crippen LogP contribution in [-0.4, -0.2) is 46.5 Å². The number of fused-ring (bicyclic) bond motifs is 1. The van der Waals surface area contributed by atoms with Crippen molar-refractivity contribution in [3.63, 3.8) is 0 Å². The SMILES string of the molecule is N#C/C(=C\c1c(Oc2ccccc2)nc2ccccn2c1=O)C(=O)N1CCOCC1. The molecule has 2 aromatic heterocycles. The quantitative estimate of drug-likeness (QED) is 0.491. The van der Waals surface area contributed by atoms with E-state index in [0.29, 0.717) is 37.7 Å². The van der Waals surface area contributed by atoms with Crippen LogP contribution in [0.3, 0.4) is 0 Å². The molecule has 0 radical (unpaired) electrons. The molecular weight excluding hydrogens is 384 g/mol.